The number of aromatic nitrogens is 2. The van der Waals surface area contributed by atoms with Crippen molar-refractivity contribution in [2.75, 3.05) is 26.2 Å². The van der Waals surface area contributed by atoms with Gasteiger partial charge in [0, 0.05) is 21.5 Å². The molecule has 0 aliphatic carbocycles. The van der Waals surface area contributed by atoms with Gasteiger partial charge >= 0.3 is 0 Å². The smallest absolute Gasteiger partial charge is 0.0709 e. The zero-order valence-corrected chi connectivity index (χ0v) is 21.9. The molecule has 0 aliphatic rings. The van der Waals surface area contributed by atoms with Crippen molar-refractivity contribution in [3.05, 3.63) is 109 Å². The van der Waals surface area contributed by atoms with Crippen LogP contribution in [0.3, 0.4) is 0 Å². The van der Waals surface area contributed by atoms with Crippen molar-refractivity contribution < 1.29 is 0 Å². The van der Waals surface area contributed by atoms with E-state index in [0.29, 0.717) is 0 Å². The first-order valence-corrected chi connectivity index (χ1v) is 13.4. The van der Waals surface area contributed by atoms with Crippen LogP contribution in [0.4, 0.5) is 0 Å². The normalized spacial score (nSPS) is 10.7. The third-order valence-corrected chi connectivity index (χ3v) is 6.22. The zero-order chi connectivity index (χ0) is 26.4. The lowest BCUT2D eigenvalue weighted by Gasteiger charge is -2.01. The summed E-state index contributed by atoms with van der Waals surface area (Å²) in [5.74, 6) is 0. The first kappa shape index (κ1) is 27.1. The van der Waals surface area contributed by atoms with Crippen molar-refractivity contribution in [3.8, 4) is 0 Å². The molecule has 38 heavy (non-hydrogen) atoms. The number of hydrogen-bond donors (Lipinski definition) is 3. The van der Waals surface area contributed by atoms with E-state index in [-0.39, 0.29) is 0 Å². The quantitative estimate of drug-likeness (QED) is 0.172. The van der Waals surface area contributed by atoms with Gasteiger partial charge < -0.3 is 16.8 Å². The van der Waals surface area contributed by atoms with E-state index in [1.807, 2.05) is 72.8 Å². The Balaban J connectivity index is 0.000000136. The van der Waals surface area contributed by atoms with Crippen LogP contribution in [-0.4, -0.2) is 36.1 Å². The molecule has 5 N–H and O–H groups in total. The fraction of sp³-hybridized carbons (Fsp3) is 0.212. The number of rotatable bonds is 7. The van der Waals surface area contributed by atoms with Crippen LogP contribution < -0.4 is 16.8 Å². The van der Waals surface area contributed by atoms with Crippen molar-refractivity contribution in [1.82, 2.24) is 15.3 Å². The van der Waals surface area contributed by atoms with Gasteiger partial charge in [-0.3, -0.25) is 0 Å². The van der Waals surface area contributed by atoms with Crippen molar-refractivity contribution in [1.29, 1.82) is 0 Å². The average molecular weight is 504 g/mol. The van der Waals surface area contributed by atoms with Gasteiger partial charge in [0.15, 0.2) is 0 Å². The number of fused-ring (bicyclic) bond motifs is 4. The van der Waals surface area contributed by atoms with Crippen LogP contribution in [-0.2, 0) is 0 Å². The van der Waals surface area contributed by atoms with Gasteiger partial charge in [0.05, 0.1) is 22.1 Å². The number of nitrogens with two attached hydrogens (primary N) is 2. The lowest BCUT2D eigenvalue weighted by molar-refractivity contribution is 0.611. The molecule has 4 aromatic carbocycles. The summed E-state index contributed by atoms with van der Waals surface area (Å²) in [6.45, 7) is 3.71. The fourth-order valence-electron chi connectivity index (χ4n) is 4.19. The second kappa shape index (κ2) is 14.7. The molecule has 0 radical (unpaired) electrons. The Morgan fingerprint density at radius 2 is 0.789 bits per heavy atom. The summed E-state index contributed by atoms with van der Waals surface area (Å²) in [5.41, 5.74) is 14.9. The highest BCUT2D eigenvalue weighted by molar-refractivity contribution is 5.93. The molecule has 0 saturated carbocycles. The molecular weight excluding hydrogens is 466 g/mol. The van der Waals surface area contributed by atoms with E-state index in [2.05, 4.69) is 51.7 Å². The number of benzene rings is 4. The van der Waals surface area contributed by atoms with Crippen molar-refractivity contribution >= 4 is 43.6 Å². The predicted octanol–water partition coefficient (Wildman–Crippen LogP) is 6.44. The van der Waals surface area contributed by atoms with Gasteiger partial charge in [-0.25, -0.2) is 9.97 Å². The van der Waals surface area contributed by atoms with Crippen molar-refractivity contribution in [3.63, 3.8) is 0 Å². The molecule has 194 valence electrons. The first-order valence-electron chi connectivity index (χ1n) is 13.4. The molecule has 6 rings (SSSR count). The van der Waals surface area contributed by atoms with Crippen molar-refractivity contribution in [2.45, 2.75) is 19.3 Å². The number of nitrogens with one attached hydrogen (secondary N) is 1. The lowest BCUT2D eigenvalue weighted by Crippen LogP contribution is -2.19. The minimum Gasteiger partial charge on any atom is -0.330 e. The van der Waals surface area contributed by atoms with E-state index in [9.17, 15) is 0 Å². The summed E-state index contributed by atoms with van der Waals surface area (Å²) in [5, 5.41) is 8.09. The zero-order valence-electron chi connectivity index (χ0n) is 21.9. The Morgan fingerprint density at radius 1 is 0.447 bits per heavy atom. The van der Waals surface area contributed by atoms with E-state index in [0.717, 1.165) is 61.1 Å². The molecule has 0 saturated heterocycles. The summed E-state index contributed by atoms with van der Waals surface area (Å²) in [6, 6.07) is 37.1. The molecule has 0 bridgehead atoms. The van der Waals surface area contributed by atoms with Crippen LogP contribution in [0.2, 0.25) is 0 Å². The Bertz CT molecular complexity index is 1230. The number of pyridine rings is 2. The molecule has 0 aliphatic heterocycles. The maximum Gasteiger partial charge on any atom is 0.0709 e. The Hall–Kier alpha value is -3.90. The molecule has 0 amide bonds. The van der Waals surface area contributed by atoms with Gasteiger partial charge in [0.2, 0.25) is 0 Å². The third-order valence-electron chi connectivity index (χ3n) is 6.22. The first-order chi connectivity index (χ1) is 18.8. The van der Waals surface area contributed by atoms with E-state index >= 15 is 0 Å². The van der Waals surface area contributed by atoms with Gasteiger partial charge in [-0.2, -0.15) is 0 Å². The highest BCUT2D eigenvalue weighted by Gasteiger charge is 1.98. The summed E-state index contributed by atoms with van der Waals surface area (Å²) in [4.78, 5) is 9.16. The third kappa shape index (κ3) is 7.80. The fourth-order valence-corrected chi connectivity index (χ4v) is 4.19. The molecule has 0 unspecified atom stereocenters. The van der Waals surface area contributed by atoms with Crippen LogP contribution in [0.25, 0.3) is 43.6 Å². The molecule has 2 heterocycles. The Morgan fingerprint density at radius 3 is 1.16 bits per heavy atom. The maximum absolute atomic E-state index is 5.32. The van der Waals surface area contributed by atoms with Crippen LogP contribution in [0.15, 0.2) is 109 Å². The molecule has 6 aromatic rings. The summed E-state index contributed by atoms with van der Waals surface area (Å²) in [6.07, 6.45) is 3.37. The number of nitrogens with zero attached hydrogens (tertiary/aromatic N) is 2. The lowest BCUT2D eigenvalue weighted by atomic mass is 10.1. The maximum atomic E-state index is 5.32. The second-order valence-electron chi connectivity index (χ2n) is 9.14. The Kier molecular flexibility index (Phi) is 10.5. The van der Waals surface area contributed by atoms with E-state index < -0.39 is 0 Å². The topological polar surface area (TPSA) is 89.8 Å². The second-order valence-corrected chi connectivity index (χ2v) is 9.14. The van der Waals surface area contributed by atoms with Crippen LogP contribution in [0.5, 0.6) is 0 Å². The summed E-state index contributed by atoms with van der Waals surface area (Å²) < 4.78 is 0. The van der Waals surface area contributed by atoms with Gasteiger partial charge in [-0.15, -0.1) is 0 Å². The molecular formula is C33H37N5. The standard InChI is InChI=1S/2C13H9N.C7H19N3/c2*1-3-7-12-10(5-1)9-11-6-2-4-8-13(11)14-12;8-4-1-2-6-10-7-3-5-9/h2*1-9H;10H,1-9H2. The average Bonchev–Trinajstić information content (AvgIpc) is 2.97. The minimum atomic E-state index is 0.782. The highest BCUT2D eigenvalue weighted by atomic mass is 14.8. The molecule has 0 fully saturated rings. The van der Waals surface area contributed by atoms with Gasteiger partial charge in [0.1, 0.15) is 0 Å². The van der Waals surface area contributed by atoms with Crippen molar-refractivity contribution in [2.24, 2.45) is 11.5 Å². The monoisotopic (exact) mass is 503 g/mol. The van der Waals surface area contributed by atoms with E-state index in [1.165, 1.54) is 28.0 Å². The van der Waals surface area contributed by atoms with E-state index in [1.54, 1.807) is 0 Å². The predicted molar refractivity (Wildman–Crippen MR) is 163 cm³/mol. The van der Waals surface area contributed by atoms with Crippen LogP contribution >= 0.6 is 0 Å². The van der Waals surface area contributed by atoms with Gasteiger partial charge in [-0.05, 0) is 81.8 Å². The Labute approximate surface area is 224 Å². The molecule has 0 spiro atoms. The van der Waals surface area contributed by atoms with Crippen LogP contribution in [0.1, 0.15) is 19.3 Å². The number of hydrogen-bond acceptors (Lipinski definition) is 5. The molecule has 5 nitrogen and oxygen atoms in total. The number of unbranched alkanes of at least 4 members (excludes halogenated alkanes) is 1. The summed E-state index contributed by atoms with van der Waals surface area (Å²) >= 11 is 0. The molecule has 2 aromatic heterocycles. The number of para-hydroxylation sites is 4. The largest absolute Gasteiger partial charge is 0.330 e. The highest BCUT2D eigenvalue weighted by Crippen LogP contribution is 2.19. The van der Waals surface area contributed by atoms with E-state index in [4.69, 9.17) is 11.5 Å². The molecule has 0 atom stereocenters. The SMILES string of the molecule is NCCCCNCCCN.c1ccc2nc3ccccc3cc2c1.c1ccc2nc3ccccc3cc2c1. The van der Waals surface area contributed by atoms with Gasteiger partial charge in [-0.1, -0.05) is 72.8 Å². The van der Waals surface area contributed by atoms with Crippen LogP contribution in [0, 0.1) is 0 Å². The summed E-state index contributed by atoms with van der Waals surface area (Å²) in [7, 11) is 0. The van der Waals surface area contributed by atoms with Gasteiger partial charge in [0.25, 0.3) is 0 Å². The minimum absolute atomic E-state index is 0.782. The molecule has 5 heteroatoms.